The predicted molar refractivity (Wildman–Crippen MR) is 93.6 cm³/mol. The van der Waals surface area contributed by atoms with E-state index in [2.05, 4.69) is 5.32 Å². The number of carbonyl (C=O) groups excluding carboxylic acids is 3. The SMILES string of the molecule is CC(=O)N[C@H]1C(OC(C)=O)O[C@@H]2COC(c3ccccc3)O[C@H]2[C@@H]1OC(C)=O. The molecule has 0 aromatic heterocycles. The van der Waals surface area contributed by atoms with Gasteiger partial charge in [-0.2, -0.15) is 0 Å². The number of rotatable bonds is 4. The van der Waals surface area contributed by atoms with Crippen molar-refractivity contribution >= 4 is 17.8 Å². The Morgan fingerprint density at radius 2 is 1.68 bits per heavy atom. The van der Waals surface area contributed by atoms with Gasteiger partial charge in [-0.15, -0.1) is 0 Å². The minimum absolute atomic E-state index is 0.131. The zero-order valence-corrected chi connectivity index (χ0v) is 15.8. The number of hydrogen-bond donors (Lipinski definition) is 1. The van der Waals surface area contributed by atoms with Crippen molar-refractivity contribution in [2.24, 2.45) is 0 Å². The van der Waals surface area contributed by atoms with Gasteiger partial charge in [0.05, 0.1) is 6.61 Å². The average Bonchev–Trinajstić information content (AvgIpc) is 2.64. The number of hydrogen-bond acceptors (Lipinski definition) is 8. The van der Waals surface area contributed by atoms with Crippen LogP contribution in [-0.4, -0.2) is 55.1 Å². The third-order valence-electron chi connectivity index (χ3n) is 4.36. The van der Waals surface area contributed by atoms with Gasteiger partial charge in [0, 0.05) is 26.3 Å². The summed E-state index contributed by atoms with van der Waals surface area (Å²) in [5.74, 6) is -1.55. The normalized spacial score (nSPS) is 32.0. The van der Waals surface area contributed by atoms with E-state index in [0.717, 1.165) is 5.56 Å². The molecular weight excluding hydrogens is 370 g/mol. The van der Waals surface area contributed by atoms with Crippen LogP contribution in [0.5, 0.6) is 0 Å². The first kappa shape index (κ1) is 20.2. The van der Waals surface area contributed by atoms with E-state index in [0.29, 0.717) is 0 Å². The molecule has 1 aromatic carbocycles. The topological polar surface area (TPSA) is 109 Å². The fourth-order valence-electron chi connectivity index (χ4n) is 3.34. The van der Waals surface area contributed by atoms with Crippen molar-refractivity contribution < 1.29 is 38.1 Å². The fraction of sp³-hybridized carbons (Fsp3) is 0.526. The number of benzene rings is 1. The molecule has 0 saturated carbocycles. The number of carbonyl (C=O) groups is 3. The monoisotopic (exact) mass is 393 g/mol. The van der Waals surface area contributed by atoms with Crippen molar-refractivity contribution in [1.82, 2.24) is 5.32 Å². The average molecular weight is 393 g/mol. The molecule has 2 aliphatic heterocycles. The Hall–Kier alpha value is -2.49. The lowest BCUT2D eigenvalue weighted by Crippen LogP contribution is -2.67. The first-order valence-corrected chi connectivity index (χ1v) is 8.94. The molecule has 2 saturated heterocycles. The van der Waals surface area contributed by atoms with Crippen LogP contribution >= 0.6 is 0 Å². The Balaban J connectivity index is 1.88. The lowest BCUT2D eigenvalue weighted by atomic mass is 9.95. The Bertz CT molecular complexity index is 724. The summed E-state index contributed by atoms with van der Waals surface area (Å²) in [5, 5.41) is 2.64. The molecule has 9 nitrogen and oxygen atoms in total. The minimum Gasteiger partial charge on any atom is -0.457 e. The summed E-state index contributed by atoms with van der Waals surface area (Å²) in [5.41, 5.74) is 0.792. The summed E-state index contributed by atoms with van der Waals surface area (Å²) in [6.07, 6.45) is -4.15. The predicted octanol–water partition coefficient (Wildman–Crippen LogP) is 0.825. The molecular formula is C19H23NO8. The highest BCUT2D eigenvalue weighted by Gasteiger charge is 2.53. The molecule has 1 aromatic rings. The van der Waals surface area contributed by atoms with E-state index in [1.54, 1.807) is 0 Å². The van der Waals surface area contributed by atoms with E-state index >= 15 is 0 Å². The van der Waals surface area contributed by atoms with Crippen LogP contribution in [0.15, 0.2) is 30.3 Å². The summed E-state index contributed by atoms with van der Waals surface area (Å²) in [6, 6.07) is 8.35. The van der Waals surface area contributed by atoms with Crippen LogP contribution in [0.3, 0.4) is 0 Å². The second kappa shape index (κ2) is 8.68. The maximum absolute atomic E-state index is 11.7. The molecule has 2 heterocycles. The molecule has 6 atom stereocenters. The lowest BCUT2D eigenvalue weighted by Gasteiger charge is -2.48. The van der Waals surface area contributed by atoms with Crippen LogP contribution < -0.4 is 5.32 Å². The largest absolute Gasteiger partial charge is 0.457 e. The molecule has 0 bridgehead atoms. The van der Waals surface area contributed by atoms with E-state index < -0.39 is 54.8 Å². The molecule has 152 valence electrons. The van der Waals surface area contributed by atoms with E-state index in [4.69, 9.17) is 23.7 Å². The summed E-state index contributed by atoms with van der Waals surface area (Å²) in [7, 11) is 0. The molecule has 0 aliphatic carbocycles. The van der Waals surface area contributed by atoms with Crippen LogP contribution in [0, 0.1) is 0 Å². The zero-order chi connectivity index (χ0) is 20.3. The highest BCUT2D eigenvalue weighted by Crippen LogP contribution is 2.35. The maximum atomic E-state index is 11.7. The number of nitrogens with one attached hydrogen (secondary N) is 1. The Labute approximate surface area is 162 Å². The maximum Gasteiger partial charge on any atom is 0.305 e. The highest BCUT2D eigenvalue weighted by atomic mass is 16.8. The third-order valence-corrected chi connectivity index (χ3v) is 4.36. The summed E-state index contributed by atoms with van der Waals surface area (Å²) >= 11 is 0. The van der Waals surface area contributed by atoms with Gasteiger partial charge in [-0.3, -0.25) is 14.4 Å². The fourth-order valence-corrected chi connectivity index (χ4v) is 3.34. The van der Waals surface area contributed by atoms with Gasteiger partial charge in [0.15, 0.2) is 12.4 Å². The second-order valence-corrected chi connectivity index (χ2v) is 6.63. The van der Waals surface area contributed by atoms with Crippen molar-refractivity contribution in [1.29, 1.82) is 0 Å². The zero-order valence-electron chi connectivity index (χ0n) is 15.8. The van der Waals surface area contributed by atoms with Crippen LogP contribution in [0.2, 0.25) is 0 Å². The van der Waals surface area contributed by atoms with E-state index in [-0.39, 0.29) is 6.61 Å². The van der Waals surface area contributed by atoms with Crippen molar-refractivity contribution in [2.45, 2.75) is 57.7 Å². The smallest absolute Gasteiger partial charge is 0.305 e. The van der Waals surface area contributed by atoms with Crippen LogP contribution in [-0.2, 0) is 38.1 Å². The van der Waals surface area contributed by atoms with Gasteiger partial charge in [-0.05, 0) is 0 Å². The highest BCUT2D eigenvalue weighted by molar-refractivity contribution is 5.73. The molecule has 3 rings (SSSR count). The molecule has 2 unspecified atom stereocenters. The molecule has 2 fully saturated rings. The van der Waals surface area contributed by atoms with Crippen LogP contribution in [0.25, 0.3) is 0 Å². The van der Waals surface area contributed by atoms with Gasteiger partial charge in [0.25, 0.3) is 0 Å². The van der Waals surface area contributed by atoms with E-state index in [1.165, 1.54) is 20.8 Å². The summed E-state index contributed by atoms with van der Waals surface area (Å²) < 4.78 is 28.3. The third kappa shape index (κ3) is 4.67. The summed E-state index contributed by atoms with van der Waals surface area (Å²) in [4.78, 5) is 34.9. The number of ether oxygens (including phenoxy) is 5. The van der Waals surface area contributed by atoms with Gasteiger partial charge >= 0.3 is 11.9 Å². The van der Waals surface area contributed by atoms with Crippen molar-refractivity contribution in [3.05, 3.63) is 35.9 Å². The van der Waals surface area contributed by atoms with Gasteiger partial charge in [-0.1, -0.05) is 30.3 Å². The lowest BCUT2D eigenvalue weighted by molar-refractivity contribution is -0.339. The molecule has 0 spiro atoms. The van der Waals surface area contributed by atoms with Crippen molar-refractivity contribution in [3.8, 4) is 0 Å². The first-order chi connectivity index (χ1) is 13.3. The van der Waals surface area contributed by atoms with Crippen LogP contribution in [0.1, 0.15) is 32.6 Å². The molecule has 1 N–H and O–H groups in total. The standard InChI is InChI=1S/C19H23NO8/c1-10(21)20-15-17(25-11(2)22)16-14(27-19(15)26-12(3)23)9-24-18(28-16)13-7-5-4-6-8-13/h4-8,14-19H,9H2,1-3H3,(H,20,21)/t14-,15-,16-,17-,18?,19?/m1/s1. The molecule has 28 heavy (non-hydrogen) atoms. The van der Waals surface area contributed by atoms with Gasteiger partial charge in [-0.25, -0.2) is 0 Å². The quantitative estimate of drug-likeness (QED) is 0.749. The van der Waals surface area contributed by atoms with E-state index in [1.807, 2.05) is 30.3 Å². The Kier molecular flexibility index (Phi) is 6.28. The van der Waals surface area contributed by atoms with Crippen LogP contribution in [0.4, 0.5) is 0 Å². The molecule has 9 heteroatoms. The van der Waals surface area contributed by atoms with Crippen molar-refractivity contribution in [3.63, 3.8) is 0 Å². The first-order valence-electron chi connectivity index (χ1n) is 8.94. The van der Waals surface area contributed by atoms with E-state index in [9.17, 15) is 14.4 Å². The summed E-state index contributed by atoms with van der Waals surface area (Å²) in [6.45, 7) is 3.91. The van der Waals surface area contributed by atoms with Gasteiger partial charge in [0.1, 0.15) is 18.2 Å². The Morgan fingerprint density at radius 1 is 1.00 bits per heavy atom. The van der Waals surface area contributed by atoms with Crippen molar-refractivity contribution in [2.75, 3.05) is 6.61 Å². The Morgan fingerprint density at radius 3 is 2.29 bits per heavy atom. The minimum atomic E-state index is -1.15. The number of esters is 2. The van der Waals surface area contributed by atoms with Gasteiger partial charge in [0.2, 0.25) is 12.2 Å². The number of fused-ring (bicyclic) bond motifs is 1. The second-order valence-electron chi connectivity index (χ2n) is 6.63. The molecule has 0 radical (unpaired) electrons. The van der Waals surface area contributed by atoms with Gasteiger partial charge < -0.3 is 29.0 Å². The number of amides is 1. The molecule has 2 aliphatic rings. The molecule has 1 amide bonds.